The molecule has 1 N–H and O–H groups in total. The quantitative estimate of drug-likeness (QED) is 0.789. The van der Waals surface area contributed by atoms with E-state index in [2.05, 4.69) is 26.2 Å². The second-order valence-electron chi connectivity index (χ2n) is 3.94. The topological polar surface area (TPSA) is 42.0 Å². The van der Waals surface area contributed by atoms with Gasteiger partial charge in [0.15, 0.2) is 0 Å². The van der Waals surface area contributed by atoms with Crippen LogP contribution in [-0.4, -0.2) is 10.9 Å². The van der Waals surface area contributed by atoms with Gasteiger partial charge in [0.25, 0.3) is 5.91 Å². The summed E-state index contributed by atoms with van der Waals surface area (Å²) in [6.07, 6.45) is 0. The number of benzene rings is 1. The standard InChI is InChI=1S/C13H9BrCl2N2O/c1-7-4-8(14)6-9(5-7)17-13(19)12-10(15)2-3-11(16)18-12/h2-6H,1H3,(H,17,19). The number of pyridine rings is 1. The first-order chi connectivity index (χ1) is 8.95. The average molecular weight is 360 g/mol. The molecule has 0 atom stereocenters. The Bertz CT molecular complexity index is 626. The number of carbonyl (C=O) groups is 1. The van der Waals surface area contributed by atoms with E-state index in [1.807, 2.05) is 19.1 Å². The van der Waals surface area contributed by atoms with Crippen LogP contribution in [0.15, 0.2) is 34.8 Å². The van der Waals surface area contributed by atoms with E-state index < -0.39 is 5.91 Å². The number of hydrogen-bond acceptors (Lipinski definition) is 2. The number of halogens is 3. The summed E-state index contributed by atoms with van der Waals surface area (Å²) >= 11 is 15.1. The first-order valence-electron chi connectivity index (χ1n) is 5.36. The molecular formula is C13H9BrCl2N2O. The van der Waals surface area contributed by atoms with Crippen molar-refractivity contribution in [1.29, 1.82) is 0 Å². The summed E-state index contributed by atoms with van der Waals surface area (Å²) in [6, 6.07) is 8.66. The van der Waals surface area contributed by atoms with Gasteiger partial charge in [-0.05, 0) is 42.8 Å². The minimum atomic E-state index is -0.398. The van der Waals surface area contributed by atoms with Crippen molar-refractivity contribution in [1.82, 2.24) is 4.98 Å². The molecule has 2 rings (SSSR count). The smallest absolute Gasteiger partial charge is 0.275 e. The number of aromatic nitrogens is 1. The summed E-state index contributed by atoms with van der Waals surface area (Å²) < 4.78 is 0.882. The van der Waals surface area contributed by atoms with Gasteiger partial charge in [0, 0.05) is 10.2 Å². The van der Waals surface area contributed by atoms with Crippen LogP contribution in [-0.2, 0) is 0 Å². The zero-order valence-corrected chi connectivity index (χ0v) is 13.0. The molecule has 0 aliphatic carbocycles. The van der Waals surface area contributed by atoms with Gasteiger partial charge in [-0.25, -0.2) is 4.98 Å². The van der Waals surface area contributed by atoms with Crippen LogP contribution >= 0.6 is 39.1 Å². The molecule has 0 fully saturated rings. The fourth-order valence-corrected chi connectivity index (χ4v) is 2.52. The molecule has 0 saturated carbocycles. The third kappa shape index (κ3) is 3.69. The summed E-state index contributed by atoms with van der Waals surface area (Å²) in [7, 11) is 0. The SMILES string of the molecule is Cc1cc(Br)cc(NC(=O)c2nc(Cl)ccc2Cl)c1. The van der Waals surface area contributed by atoms with E-state index in [9.17, 15) is 4.79 Å². The molecule has 0 aliphatic heterocycles. The van der Waals surface area contributed by atoms with Gasteiger partial charge in [-0.2, -0.15) is 0 Å². The highest BCUT2D eigenvalue weighted by Crippen LogP contribution is 2.21. The molecule has 98 valence electrons. The molecule has 6 heteroatoms. The first kappa shape index (κ1) is 14.3. The highest BCUT2D eigenvalue weighted by Gasteiger charge is 2.13. The number of nitrogens with one attached hydrogen (secondary N) is 1. The zero-order valence-electron chi connectivity index (χ0n) is 9.88. The minimum Gasteiger partial charge on any atom is -0.321 e. The van der Waals surface area contributed by atoms with Crippen molar-refractivity contribution >= 4 is 50.7 Å². The molecule has 1 aromatic heterocycles. The molecule has 0 unspecified atom stereocenters. The van der Waals surface area contributed by atoms with E-state index in [1.54, 1.807) is 6.07 Å². The van der Waals surface area contributed by atoms with Crippen molar-refractivity contribution in [2.24, 2.45) is 0 Å². The van der Waals surface area contributed by atoms with E-state index >= 15 is 0 Å². The lowest BCUT2D eigenvalue weighted by molar-refractivity contribution is 0.102. The van der Waals surface area contributed by atoms with Crippen molar-refractivity contribution in [3.63, 3.8) is 0 Å². The predicted molar refractivity (Wildman–Crippen MR) is 81.1 cm³/mol. The van der Waals surface area contributed by atoms with Crippen LogP contribution < -0.4 is 5.32 Å². The Morgan fingerprint density at radius 3 is 2.68 bits per heavy atom. The lowest BCUT2D eigenvalue weighted by Crippen LogP contribution is -2.14. The van der Waals surface area contributed by atoms with Crippen molar-refractivity contribution < 1.29 is 4.79 Å². The second kappa shape index (κ2) is 5.90. The highest BCUT2D eigenvalue weighted by atomic mass is 79.9. The Kier molecular flexibility index (Phi) is 4.45. The van der Waals surface area contributed by atoms with Gasteiger partial charge in [-0.1, -0.05) is 39.1 Å². The summed E-state index contributed by atoms with van der Waals surface area (Å²) in [6.45, 7) is 1.94. The third-order valence-corrected chi connectivity index (χ3v) is 3.30. The number of anilines is 1. The van der Waals surface area contributed by atoms with Crippen LogP contribution in [0.2, 0.25) is 10.2 Å². The number of carbonyl (C=O) groups excluding carboxylic acids is 1. The highest BCUT2D eigenvalue weighted by molar-refractivity contribution is 9.10. The molecule has 1 amide bonds. The Balaban J connectivity index is 2.28. The molecule has 1 aromatic carbocycles. The van der Waals surface area contributed by atoms with Crippen molar-refractivity contribution in [3.05, 3.63) is 56.2 Å². The fraction of sp³-hybridized carbons (Fsp3) is 0.0769. The zero-order chi connectivity index (χ0) is 14.0. The third-order valence-electron chi connectivity index (χ3n) is 2.33. The summed E-state index contributed by atoms with van der Waals surface area (Å²) in [5, 5.41) is 3.21. The predicted octanol–water partition coefficient (Wildman–Crippen LogP) is 4.71. The molecule has 3 nitrogen and oxygen atoms in total. The lowest BCUT2D eigenvalue weighted by atomic mass is 10.2. The Hall–Kier alpha value is -1.10. The van der Waals surface area contributed by atoms with Crippen LogP contribution in [0.25, 0.3) is 0 Å². The van der Waals surface area contributed by atoms with E-state index in [4.69, 9.17) is 23.2 Å². The summed E-state index contributed by atoms with van der Waals surface area (Å²) in [5.41, 5.74) is 1.79. The largest absolute Gasteiger partial charge is 0.321 e. The van der Waals surface area contributed by atoms with E-state index in [-0.39, 0.29) is 15.9 Å². The Labute approximate surface area is 129 Å². The average Bonchev–Trinajstić information content (AvgIpc) is 2.30. The Morgan fingerprint density at radius 2 is 2.00 bits per heavy atom. The van der Waals surface area contributed by atoms with Crippen molar-refractivity contribution in [2.45, 2.75) is 6.92 Å². The van der Waals surface area contributed by atoms with Crippen LogP contribution in [0, 0.1) is 6.92 Å². The van der Waals surface area contributed by atoms with Gasteiger partial charge in [-0.15, -0.1) is 0 Å². The maximum Gasteiger partial charge on any atom is 0.275 e. The van der Waals surface area contributed by atoms with Gasteiger partial charge in [0.1, 0.15) is 10.8 Å². The summed E-state index contributed by atoms with van der Waals surface area (Å²) in [4.78, 5) is 16.0. The molecule has 0 bridgehead atoms. The van der Waals surface area contributed by atoms with Crippen LogP contribution in [0.5, 0.6) is 0 Å². The van der Waals surface area contributed by atoms with Crippen molar-refractivity contribution in [2.75, 3.05) is 5.32 Å². The maximum absolute atomic E-state index is 12.1. The molecule has 0 radical (unpaired) electrons. The number of nitrogens with zero attached hydrogens (tertiary/aromatic N) is 1. The number of amides is 1. The van der Waals surface area contributed by atoms with Crippen LogP contribution in [0.3, 0.4) is 0 Å². The monoisotopic (exact) mass is 358 g/mol. The van der Waals surface area contributed by atoms with Crippen molar-refractivity contribution in [3.8, 4) is 0 Å². The molecule has 19 heavy (non-hydrogen) atoms. The number of rotatable bonds is 2. The van der Waals surface area contributed by atoms with E-state index in [0.29, 0.717) is 5.69 Å². The van der Waals surface area contributed by atoms with Gasteiger partial charge in [0.2, 0.25) is 0 Å². The number of aryl methyl sites for hydroxylation is 1. The normalized spacial score (nSPS) is 10.3. The molecular weight excluding hydrogens is 351 g/mol. The fourth-order valence-electron chi connectivity index (χ4n) is 1.58. The van der Waals surface area contributed by atoms with Crippen LogP contribution in [0.1, 0.15) is 16.1 Å². The first-order valence-corrected chi connectivity index (χ1v) is 6.91. The van der Waals surface area contributed by atoms with Gasteiger partial charge >= 0.3 is 0 Å². The molecule has 0 saturated heterocycles. The number of hydrogen-bond donors (Lipinski definition) is 1. The lowest BCUT2D eigenvalue weighted by Gasteiger charge is -2.08. The molecule has 1 heterocycles. The molecule has 0 aliphatic rings. The van der Waals surface area contributed by atoms with Gasteiger partial charge < -0.3 is 5.32 Å². The minimum absolute atomic E-state index is 0.104. The summed E-state index contributed by atoms with van der Waals surface area (Å²) in [5.74, 6) is -0.398. The Morgan fingerprint density at radius 1 is 1.26 bits per heavy atom. The van der Waals surface area contributed by atoms with Crippen LogP contribution in [0.4, 0.5) is 5.69 Å². The van der Waals surface area contributed by atoms with Gasteiger partial charge in [-0.3, -0.25) is 4.79 Å². The van der Waals surface area contributed by atoms with Gasteiger partial charge in [0.05, 0.1) is 5.02 Å². The molecule has 2 aromatic rings. The molecule has 0 spiro atoms. The van der Waals surface area contributed by atoms with E-state index in [0.717, 1.165) is 10.0 Å². The maximum atomic E-state index is 12.1. The second-order valence-corrected chi connectivity index (χ2v) is 5.65. The van der Waals surface area contributed by atoms with E-state index in [1.165, 1.54) is 12.1 Å².